The third-order valence-corrected chi connectivity index (χ3v) is 4.07. The highest BCUT2D eigenvalue weighted by molar-refractivity contribution is 5.91. The number of carbonyl (C=O) groups is 1. The molecule has 1 amide bonds. The number of aryl methyl sites for hydroxylation is 2. The molecule has 3 rings (SSSR count). The summed E-state index contributed by atoms with van der Waals surface area (Å²) >= 11 is 0. The highest BCUT2D eigenvalue weighted by atomic mass is 16.5. The molecule has 0 aliphatic rings. The number of hydrogen-bond donors (Lipinski definition) is 0. The average molecular weight is 353 g/mol. The average Bonchev–Trinajstić information content (AvgIpc) is 3.29. The largest absolute Gasteiger partial charge is 0.471 e. The highest BCUT2D eigenvalue weighted by Crippen LogP contribution is 2.16. The predicted octanol–water partition coefficient (Wildman–Crippen LogP) is 2.72. The molecule has 0 saturated heterocycles. The van der Waals surface area contributed by atoms with Gasteiger partial charge in [0, 0.05) is 26.0 Å². The van der Waals surface area contributed by atoms with Gasteiger partial charge in [0.2, 0.25) is 0 Å². The van der Waals surface area contributed by atoms with E-state index in [1.165, 1.54) is 0 Å². The van der Waals surface area contributed by atoms with Crippen LogP contribution in [-0.2, 0) is 19.8 Å². The molecule has 0 N–H and O–H groups in total. The third kappa shape index (κ3) is 4.11. The minimum Gasteiger partial charge on any atom is -0.471 e. The van der Waals surface area contributed by atoms with Gasteiger partial charge in [-0.15, -0.1) is 0 Å². The molecule has 7 heteroatoms. The van der Waals surface area contributed by atoms with Crippen molar-refractivity contribution in [2.24, 2.45) is 0 Å². The molecule has 7 nitrogen and oxygen atoms in total. The number of rotatable bonds is 7. The molecule has 0 spiro atoms. The zero-order valence-corrected chi connectivity index (χ0v) is 15.3. The van der Waals surface area contributed by atoms with E-state index in [1.807, 2.05) is 55.1 Å². The fraction of sp³-hybridized carbons (Fsp3) is 0.316. The Labute approximate surface area is 152 Å². The van der Waals surface area contributed by atoms with Gasteiger partial charge in [0.15, 0.2) is 12.4 Å². The van der Waals surface area contributed by atoms with Gasteiger partial charge < -0.3 is 9.64 Å². The molecule has 0 aliphatic heterocycles. The molecule has 0 radical (unpaired) electrons. The van der Waals surface area contributed by atoms with E-state index >= 15 is 0 Å². The van der Waals surface area contributed by atoms with Gasteiger partial charge in [0.1, 0.15) is 5.75 Å². The molecule has 26 heavy (non-hydrogen) atoms. The third-order valence-electron chi connectivity index (χ3n) is 4.07. The SMILES string of the molecule is CCn1ccc(CN(C)C(=O)c2ccn(COc3ccccc3C)n2)n1. The number of carbonyl (C=O) groups excluding carboxylic acids is 1. The minimum absolute atomic E-state index is 0.148. The van der Waals surface area contributed by atoms with Crippen LogP contribution >= 0.6 is 0 Å². The summed E-state index contributed by atoms with van der Waals surface area (Å²) < 4.78 is 9.20. The topological polar surface area (TPSA) is 65.2 Å². The Morgan fingerprint density at radius 3 is 2.62 bits per heavy atom. The van der Waals surface area contributed by atoms with E-state index in [9.17, 15) is 4.79 Å². The Bertz CT molecular complexity index is 883. The maximum Gasteiger partial charge on any atom is 0.274 e. The second-order valence-electron chi connectivity index (χ2n) is 6.10. The number of hydrogen-bond acceptors (Lipinski definition) is 4. The van der Waals surface area contributed by atoms with Crippen LogP contribution in [0.2, 0.25) is 0 Å². The van der Waals surface area contributed by atoms with Crippen molar-refractivity contribution in [2.75, 3.05) is 7.05 Å². The summed E-state index contributed by atoms with van der Waals surface area (Å²) in [7, 11) is 1.75. The number of nitrogens with zero attached hydrogens (tertiary/aromatic N) is 5. The van der Waals surface area contributed by atoms with E-state index < -0.39 is 0 Å². The Morgan fingerprint density at radius 2 is 1.88 bits per heavy atom. The van der Waals surface area contributed by atoms with Crippen LogP contribution in [0.15, 0.2) is 48.8 Å². The molecular formula is C19H23N5O2. The first-order valence-electron chi connectivity index (χ1n) is 8.56. The molecule has 0 aliphatic carbocycles. The molecule has 0 atom stereocenters. The summed E-state index contributed by atoms with van der Waals surface area (Å²) in [6, 6.07) is 11.4. The van der Waals surface area contributed by atoms with Crippen molar-refractivity contribution in [3.63, 3.8) is 0 Å². The van der Waals surface area contributed by atoms with E-state index in [0.29, 0.717) is 12.2 Å². The maximum absolute atomic E-state index is 12.5. The van der Waals surface area contributed by atoms with Gasteiger partial charge in [-0.3, -0.25) is 9.48 Å². The monoisotopic (exact) mass is 353 g/mol. The Morgan fingerprint density at radius 1 is 1.12 bits per heavy atom. The van der Waals surface area contributed by atoms with E-state index in [-0.39, 0.29) is 12.6 Å². The maximum atomic E-state index is 12.5. The predicted molar refractivity (Wildman–Crippen MR) is 97.7 cm³/mol. The second-order valence-corrected chi connectivity index (χ2v) is 6.10. The van der Waals surface area contributed by atoms with Gasteiger partial charge in [-0.1, -0.05) is 18.2 Å². The van der Waals surface area contributed by atoms with Crippen LogP contribution in [0.5, 0.6) is 5.75 Å². The van der Waals surface area contributed by atoms with Crippen LogP contribution in [0.1, 0.15) is 28.7 Å². The molecule has 0 bridgehead atoms. The van der Waals surface area contributed by atoms with Crippen molar-refractivity contribution in [2.45, 2.75) is 33.7 Å². The quantitative estimate of drug-likeness (QED) is 0.655. The lowest BCUT2D eigenvalue weighted by Crippen LogP contribution is -2.27. The van der Waals surface area contributed by atoms with Crippen LogP contribution in [-0.4, -0.2) is 37.4 Å². The first-order valence-corrected chi connectivity index (χ1v) is 8.56. The van der Waals surface area contributed by atoms with Gasteiger partial charge in [0.25, 0.3) is 5.91 Å². The molecule has 2 heterocycles. The molecule has 136 valence electrons. The van der Waals surface area contributed by atoms with Crippen molar-refractivity contribution < 1.29 is 9.53 Å². The molecule has 0 unspecified atom stereocenters. The zero-order valence-electron chi connectivity index (χ0n) is 15.3. The minimum atomic E-state index is -0.148. The molecule has 0 saturated carbocycles. The zero-order chi connectivity index (χ0) is 18.5. The van der Waals surface area contributed by atoms with E-state index in [0.717, 1.165) is 23.6 Å². The Kier molecular flexibility index (Phi) is 5.36. The summed E-state index contributed by atoms with van der Waals surface area (Å²) in [5, 5.41) is 8.71. The van der Waals surface area contributed by atoms with Gasteiger partial charge in [-0.2, -0.15) is 10.2 Å². The summed E-state index contributed by atoms with van der Waals surface area (Å²) in [6.07, 6.45) is 3.65. The van der Waals surface area contributed by atoms with Crippen LogP contribution in [0.25, 0.3) is 0 Å². The Hall–Kier alpha value is -3.09. The lowest BCUT2D eigenvalue weighted by Gasteiger charge is -2.14. The molecule has 1 aromatic carbocycles. The lowest BCUT2D eigenvalue weighted by molar-refractivity contribution is 0.0775. The number of ether oxygens (including phenoxy) is 1. The molecule has 3 aromatic rings. The van der Waals surface area contributed by atoms with Gasteiger partial charge in [0.05, 0.1) is 12.2 Å². The van der Waals surface area contributed by atoms with Crippen molar-refractivity contribution in [3.05, 3.63) is 65.7 Å². The molecule has 2 aromatic heterocycles. The van der Waals surface area contributed by atoms with E-state index in [2.05, 4.69) is 10.2 Å². The first kappa shape index (κ1) is 17.7. The van der Waals surface area contributed by atoms with Crippen LogP contribution in [0, 0.1) is 6.92 Å². The fourth-order valence-corrected chi connectivity index (χ4v) is 2.58. The first-order chi connectivity index (χ1) is 12.6. The van der Waals surface area contributed by atoms with Crippen LogP contribution < -0.4 is 4.74 Å². The normalized spacial score (nSPS) is 10.7. The van der Waals surface area contributed by atoms with E-state index in [4.69, 9.17) is 4.74 Å². The van der Waals surface area contributed by atoms with Gasteiger partial charge >= 0.3 is 0 Å². The number of benzene rings is 1. The summed E-state index contributed by atoms with van der Waals surface area (Å²) in [5.74, 6) is 0.658. The van der Waals surface area contributed by atoms with Crippen molar-refractivity contribution in [1.82, 2.24) is 24.5 Å². The van der Waals surface area contributed by atoms with Crippen LogP contribution in [0.4, 0.5) is 0 Å². The van der Waals surface area contributed by atoms with Crippen molar-refractivity contribution in [3.8, 4) is 5.75 Å². The summed E-state index contributed by atoms with van der Waals surface area (Å²) in [5.41, 5.74) is 2.29. The van der Waals surface area contributed by atoms with Crippen molar-refractivity contribution in [1.29, 1.82) is 0 Å². The van der Waals surface area contributed by atoms with Crippen molar-refractivity contribution >= 4 is 5.91 Å². The highest BCUT2D eigenvalue weighted by Gasteiger charge is 2.16. The summed E-state index contributed by atoms with van der Waals surface area (Å²) in [4.78, 5) is 14.2. The molecular weight excluding hydrogens is 330 g/mol. The van der Waals surface area contributed by atoms with Gasteiger partial charge in [-0.05, 0) is 37.6 Å². The standard InChI is InChI=1S/C19H23N5O2/c1-4-23-11-9-16(20-23)13-22(3)19(25)17-10-12-24(21-17)14-26-18-8-6-5-7-15(18)2/h5-12H,4,13-14H2,1-3H3. The number of aromatic nitrogens is 4. The number of para-hydroxylation sites is 1. The lowest BCUT2D eigenvalue weighted by atomic mass is 10.2. The second kappa shape index (κ2) is 7.86. The van der Waals surface area contributed by atoms with Gasteiger partial charge in [-0.25, -0.2) is 4.68 Å². The number of amides is 1. The smallest absolute Gasteiger partial charge is 0.274 e. The Balaban J connectivity index is 1.59. The van der Waals surface area contributed by atoms with E-state index in [1.54, 1.807) is 28.9 Å². The molecule has 0 fully saturated rings. The summed E-state index contributed by atoms with van der Waals surface area (Å²) in [6.45, 7) is 5.52. The van der Waals surface area contributed by atoms with Crippen LogP contribution in [0.3, 0.4) is 0 Å². The fourth-order valence-electron chi connectivity index (χ4n) is 2.58.